The summed E-state index contributed by atoms with van der Waals surface area (Å²) in [6, 6.07) is 2.89. The molecule has 0 radical (unpaired) electrons. The van der Waals surface area contributed by atoms with Crippen molar-refractivity contribution in [3.8, 4) is 6.07 Å². The van der Waals surface area contributed by atoms with Crippen LogP contribution in [0.2, 0.25) is 5.15 Å². The maximum absolute atomic E-state index is 11.5. The van der Waals surface area contributed by atoms with Gasteiger partial charge in [0.1, 0.15) is 11.3 Å². The van der Waals surface area contributed by atoms with Gasteiger partial charge < -0.3 is 5.32 Å². The van der Waals surface area contributed by atoms with Crippen LogP contribution in [0.15, 0.2) is 12.3 Å². The maximum Gasteiger partial charge on any atom is 0.288 e. The lowest BCUT2D eigenvalue weighted by atomic mass is 10.2. The number of carbonyl (C=O) groups excluding carboxylic acids is 1. The van der Waals surface area contributed by atoms with Crippen molar-refractivity contribution in [1.29, 1.82) is 5.26 Å². The first kappa shape index (κ1) is 12.9. The van der Waals surface area contributed by atoms with E-state index in [4.69, 9.17) is 16.9 Å². The van der Waals surface area contributed by atoms with Crippen molar-refractivity contribution < 1.29 is 9.72 Å². The normalized spacial score (nSPS) is 9.41. The number of nitrogens with zero attached hydrogens (tertiary/aromatic N) is 3. The van der Waals surface area contributed by atoms with Crippen molar-refractivity contribution in [2.24, 2.45) is 0 Å². The standard InChI is InChI=1S/C9H7ClN4O3/c10-8-7(9(15)12-3-1-2-11)4-6(5-13-8)14(16)17/h4-5H,1,3H2,(H,12,15). The molecule has 0 saturated carbocycles. The third-order valence-electron chi connectivity index (χ3n) is 1.80. The highest BCUT2D eigenvalue weighted by atomic mass is 35.5. The molecule has 0 fully saturated rings. The van der Waals surface area contributed by atoms with Crippen molar-refractivity contribution in [1.82, 2.24) is 10.3 Å². The molecule has 0 aromatic carbocycles. The lowest BCUT2D eigenvalue weighted by molar-refractivity contribution is -0.385. The first-order valence-electron chi connectivity index (χ1n) is 4.51. The molecule has 1 aromatic rings. The minimum absolute atomic E-state index is 0.0844. The summed E-state index contributed by atoms with van der Waals surface area (Å²) >= 11 is 5.65. The predicted molar refractivity (Wildman–Crippen MR) is 58.5 cm³/mol. The summed E-state index contributed by atoms with van der Waals surface area (Å²) in [5.41, 5.74) is -0.404. The molecule has 0 unspecified atom stereocenters. The van der Waals surface area contributed by atoms with Gasteiger partial charge in [-0.3, -0.25) is 14.9 Å². The van der Waals surface area contributed by atoms with Crippen LogP contribution in [0, 0.1) is 21.4 Å². The molecule has 0 aliphatic heterocycles. The molecule has 1 heterocycles. The lowest BCUT2D eigenvalue weighted by Crippen LogP contribution is -2.24. The second-order valence-electron chi connectivity index (χ2n) is 2.95. The number of nitro groups is 1. The molecule has 8 heteroatoms. The summed E-state index contributed by atoms with van der Waals surface area (Å²) in [7, 11) is 0. The van der Waals surface area contributed by atoms with E-state index < -0.39 is 10.8 Å². The molecule has 0 spiro atoms. The Labute approximate surface area is 101 Å². The Balaban J connectivity index is 2.89. The second kappa shape index (κ2) is 5.77. The van der Waals surface area contributed by atoms with Crippen molar-refractivity contribution in [3.63, 3.8) is 0 Å². The fraction of sp³-hybridized carbons (Fsp3) is 0.222. The van der Waals surface area contributed by atoms with E-state index in [0.717, 1.165) is 12.3 Å². The van der Waals surface area contributed by atoms with Crippen LogP contribution in [0.1, 0.15) is 16.8 Å². The predicted octanol–water partition coefficient (Wildman–Crippen LogP) is 1.29. The number of carbonyl (C=O) groups is 1. The van der Waals surface area contributed by atoms with Gasteiger partial charge in [0.15, 0.2) is 0 Å². The van der Waals surface area contributed by atoms with Crippen LogP contribution in [0.5, 0.6) is 0 Å². The SMILES string of the molecule is N#CCCNC(=O)c1cc([N+](=O)[O-])cnc1Cl. The molecule has 1 N–H and O–H groups in total. The number of rotatable bonds is 4. The van der Waals surface area contributed by atoms with Crippen LogP contribution in [0.3, 0.4) is 0 Å². The molecule has 88 valence electrons. The maximum atomic E-state index is 11.5. The van der Waals surface area contributed by atoms with Gasteiger partial charge in [0.2, 0.25) is 0 Å². The van der Waals surface area contributed by atoms with Crippen LogP contribution >= 0.6 is 11.6 Å². The van der Waals surface area contributed by atoms with Gasteiger partial charge in [-0.2, -0.15) is 5.26 Å². The summed E-state index contributed by atoms with van der Waals surface area (Å²) in [4.78, 5) is 24.9. The van der Waals surface area contributed by atoms with Crippen LogP contribution in [-0.4, -0.2) is 22.4 Å². The summed E-state index contributed by atoms with van der Waals surface area (Å²) in [6.07, 6.45) is 1.11. The van der Waals surface area contributed by atoms with E-state index in [1.807, 2.05) is 6.07 Å². The molecule has 1 amide bonds. The molecule has 0 atom stereocenters. The van der Waals surface area contributed by atoms with E-state index >= 15 is 0 Å². The molecule has 1 aromatic heterocycles. The molecule has 0 saturated heterocycles. The average molecular weight is 255 g/mol. The largest absolute Gasteiger partial charge is 0.351 e. The highest BCUT2D eigenvalue weighted by Crippen LogP contribution is 2.18. The van der Waals surface area contributed by atoms with E-state index in [-0.39, 0.29) is 29.4 Å². The number of aromatic nitrogens is 1. The third kappa shape index (κ3) is 3.39. The number of amides is 1. The molecule has 0 bridgehead atoms. The zero-order valence-corrected chi connectivity index (χ0v) is 9.27. The Bertz CT molecular complexity index is 498. The van der Waals surface area contributed by atoms with E-state index in [1.165, 1.54) is 0 Å². The molecule has 17 heavy (non-hydrogen) atoms. The third-order valence-corrected chi connectivity index (χ3v) is 2.10. The van der Waals surface area contributed by atoms with E-state index in [1.54, 1.807) is 0 Å². The fourth-order valence-corrected chi connectivity index (χ4v) is 1.21. The van der Waals surface area contributed by atoms with Gasteiger partial charge in [0.25, 0.3) is 11.6 Å². The molecular weight excluding hydrogens is 248 g/mol. The molecule has 0 aliphatic rings. The van der Waals surface area contributed by atoms with Gasteiger partial charge in [-0.25, -0.2) is 4.98 Å². The minimum Gasteiger partial charge on any atom is -0.351 e. The Morgan fingerprint density at radius 1 is 1.71 bits per heavy atom. The number of hydrogen-bond donors (Lipinski definition) is 1. The van der Waals surface area contributed by atoms with Crippen LogP contribution in [-0.2, 0) is 0 Å². The smallest absolute Gasteiger partial charge is 0.288 e. The summed E-state index contributed by atoms with van der Waals surface area (Å²) in [5, 5.41) is 21.1. The number of halogens is 1. The van der Waals surface area contributed by atoms with E-state index in [2.05, 4.69) is 10.3 Å². The summed E-state index contributed by atoms with van der Waals surface area (Å²) < 4.78 is 0. The quantitative estimate of drug-likeness (QED) is 0.377. The summed E-state index contributed by atoms with van der Waals surface area (Å²) in [5.74, 6) is -0.596. The molecule has 7 nitrogen and oxygen atoms in total. The number of nitriles is 1. The topological polar surface area (TPSA) is 109 Å². The fourth-order valence-electron chi connectivity index (χ4n) is 1.02. The lowest BCUT2D eigenvalue weighted by Gasteiger charge is -2.03. The first-order valence-corrected chi connectivity index (χ1v) is 4.89. The van der Waals surface area contributed by atoms with Crippen LogP contribution < -0.4 is 5.32 Å². The number of nitrogens with one attached hydrogen (secondary N) is 1. The van der Waals surface area contributed by atoms with Crippen molar-refractivity contribution in [3.05, 3.63) is 33.1 Å². The highest BCUT2D eigenvalue weighted by Gasteiger charge is 2.16. The molecular formula is C9H7ClN4O3. The molecule has 1 rings (SSSR count). The van der Waals surface area contributed by atoms with Crippen molar-refractivity contribution in [2.45, 2.75) is 6.42 Å². The number of hydrogen-bond acceptors (Lipinski definition) is 5. The Morgan fingerprint density at radius 3 is 3.00 bits per heavy atom. The molecule has 0 aliphatic carbocycles. The van der Waals surface area contributed by atoms with Crippen LogP contribution in [0.4, 0.5) is 5.69 Å². The average Bonchev–Trinajstić information content (AvgIpc) is 2.29. The van der Waals surface area contributed by atoms with Gasteiger partial charge in [-0.05, 0) is 0 Å². The highest BCUT2D eigenvalue weighted by molar-refractivity contribution is 6.32. The van der Waals surface area contributed by atoms with Gasteiger partial charge >= 0.3 is 0 Å². The Kier molecular flexibility index (Phi) is 4.37. The zero-order chi connectivity index (χ0) is 12.8. The monoisotopic (exact) mass is 254 g/mol. The Morgan fingerprint density at radius 2 is 2.41 bits per heavy atom. The first-order chi connectivity index (χ1) is 8.06. The van der Waals surface area contributed by atoms with E-state index in [9.17, 15) is 14.9 Å². The van der Waals surface area contributed by atoms with Gasteiger partial charge in [-0.15, -0.1) is 0 Å². The van der Waals surface area contributed by atoms with Gasteiger partial charge in [-0.1, -0.05) is 11.6 Å². The second-order valence-corrected chi connectivity index (χ2v) is 3.31. The van der Waals surface area contributed by atoms with Crippen LogP contribution in [0.25, 0.3) is 0 Å². The van der Waals surface area contributed by atoms with Gasteiger partial charge in [0.05, 0.1) is 23.0 Å². The van der Waals surface area contributed by atoms with Gasteiger partial charge in [0, 0.05) is 12.6 Å². The number of pyridine rings is 1. The minimum atomic E-state index is -0.671. The van der Waals surface area contributed by atoms with Crippen molar-refractivity contribution >= 4 is 23.2 Å². The zero-order valence-electron chi connectivity index (χ0n) is 8.51. The Hall–Kier alpha value is -2.20. The van der Waals surface area contributed by atoms with E-state index in [0.29, 0.717) is 0 Å². The van der Waals surface area contributed by atoms with Crippen molar-refractivity contribution in [2.75, 3.05) is 6.54 Å². The summed E-state index contributed by atoms with van der Waals surface area (Å²) in [6.45, 7) is 0.147.